The van der Waals surface area contributed by atoms with Gasteiger partial charge in [0, 0.05) is 19.1 Å². The molecule has 2 fully saturated rings. The predicted molar refractivity (Wildman–Crippen MR) is 136 cm³/mol. The van der Waals surface area contributed by atoms with Gasteiger partial charge in [0.25, 0.3) is 0 Å². The minimum absolute atomic E-state index is 0.0612. The van der Waals surface area contributed by atoms with Crippen LogP contribution in [0.15, 0.2) is 54.6 Å². The van der Waals surface area contributed by atoms with Crippen LogP contribution in [0.2, 0.25) is 0 Å². The van der Waals surface area contributed by atoms with E-state index in [1.165, 1.54) is 12.1 Å². The highest BCUT2D eigenvalue weighted by atomic mass is 19.1. The van der Waals surface area contributed by atoms with Crippen molar-refractivity contribution in [3.05, 3.63) is 71.7 Å². The van der Waals surface area contributed by atoms with Crippen LogP contribution in [0.4, 0.5) is 4.39 Å². The second kappa shape index (κ2) is 11.2. The topological polar surface area (TPSA) is 56.6 Å². The SMILES string of the molecule is CCc1nn(-c2ccccc2)c(Oc2ccc(F)cc2)c1CN(C[C@H]1CCCO1)C(=O)C1CCCC1. The third-order valence-corrected chi connectivity index (χ3v) is 7.20. The van der Waals surface area contributed by atoms with Crippen molar-refractivity contribution in [2.45, 2.75) is 64.5 Å². The molecule has 7 heteroatoms. The van der Waals surface area contributed by atoms with Crippen LogP contribution in [0.1, 0.15) is 56.7 Å². The molecule has 5 rings (SSSR count). The fourth-order valence-electron chi connectivity index (χ4n) is 5.27. The van der Waals surface area contributed by atoms with E-state index in [1.54, 1.807) is 16.8 Å². The zero-order valence-corrected chi connectivity index (χ0v) is 20.9. The Labute approximate surface area is 212 Å². The summed E-state index contributed by atoms with van der Waals surface area (Å²) < 4.78 is 27.7. The van der Waals surface area contributed by atoms with Crippen LogP contribution in [-0.4, -0.2) is 39.8 Å². The first-order valence-corrected chi connectivity index (χ1v) is 13.1. The summed E-state index contributed by atoms with van der Waals surface area (Å²) in [6.45, 7) is 3.79. The lowest BCUT2D eigenvalue weighted by Gasteiger charge is -2.28. The minimum atomic E-state index is -0.321. The highest BCUT2D eigenvalue weighted by Crippen LogP contribution is 2.34. The van der Waals surface area contributed by atoms with Crippen LogP contribution in [0.25, 0.3) is 5.69 Å². The van der Waals surface area contributed by atoms with E-state index in [9.17, 15) is 9.18 Å². The molecule has 1 aromatic heterocycles. The number of halogens is 1. The van der Waals surface area contributed by atoms with Gasteiger partial charge < -0.3 is 14.4 Å². The second-order valence-electron chi connectivity index (χ2n) is 9.72. The van der Waals surface area contributed by atoms with Crippen molar-refractivity contribution in [2.24, 2.45) is 5.92 Å². The van der Waals surface area contributed by atoms with Gasteiger partial charge in [-0.15, -0.1) is 0 Å². The zero-order valence-electron chi connectivity index (χ0n) is 20.9. The number of aryl methyl sites for hydroxylation is 1. The standard InChI is InChI=1S/C29H34FN3O3/c1-2-27-26(20-32(19-25-13-8-18-35-25)28(34)21-9-6-7-10-21)29(36-24-16-14-22(30)15-17-24)33(31-27)23-11-4-3-5-12-23/h3-5,11-12,14-17,21,25H,2,6-10,13,18-20H2,1H3/t25-/m1/s1. The minimum Gasteiger partial charge on any atom is -0.439 e. The molecule has 36 heavy (non-hydrogen) atoms. The van der Waals surface area contributed by atoms with Crippen LogP contribution in [0, 0.1) is 11.7 Å². The lowest BCUT2D eigenvalue weighted by molar-refractivity contribution is -0.137. The molecule has 6 nitrogen and oxygen atoms in total. The highest BCUT2D eigenvalue weighted by Gasteiger charge is 2.32. The number of carbonyl (C=O) groups is 1. The fraction of sp³-hybridized carbons (Fsp3) is 0.448. The van der Waals surface area contributed by atoms with Crippen molar-refractivity contribution in [1.82, 2.24) is 14.7 Å². The number of hydrogen-bond donors (Lipinski definition) is 0. The highest BCUT2D eigenvalue weighted by molar-refractivity contribution is 5.79. The Morgan fingerprint density at radius 3 is 2.50 bits per heavy atom. The first kappa shape index (κ1) is 24.5. The zero-order chi connectivity index (χ0) is 24.9. The number of ether oxygens (including phenoxy) is 2. The van der Waals surface area contributed by atoms with Gasteiger partial charge in [0.2, 0.25) is 11.8 Å². The maximum absolute atomic E-state index is 13.7. The van der Waals surface area contributed by atoms with E-state index < -0.39 is 0 Å². The number of aromatic nitrogens is 2. The average molecular weight is 492 g/mol. The molecule has 0 spiro atoms. The van der Waals surface area contributed by atoms with Crippen molar-refractivity contribution < 1.29 is 18.7 Å². The van der Waals surface area contributed by atoms with Gasteiger partial charge >= 0.3 is 0 Å². The van der Waals surface area contributed by atoms with Gasteiger partial charge in [0.1, 0.15) is 11.6 Å². The van der Waals surface area contributed by atoms with Gasteiger partial charge in [0.05, 0.1) is 29.6 Å². The van der Waals surface area contributed by atoms with E-state index in [0.29, 0.717) is 31.1 Å². The molecule has 1 amide bonds. The molecule has 0 radical (unpaired) electrons. The first-order valence-electron chi connectivity index (χ1n) is 13.1. The number of hydrogen-bond acceptors (Lipinski definition) is 4. The third-order valence-electron chi connectivity index (χ3n) is 7.20. The van der Waals surface area contributed by atoms with Gasteiger partial charge in [-0.05, 0) is 68.5 Å². The summed E-state index contributed by atoms with van der Waals surface area (Å²) in [7, 11) is 0. The molecule has 0 unspecified atom stereocenters. The molecular weight excluding hydrogens is 457 g/mol. The molecule has 2 aromatic carbocycles. The van der Waals surface area contributed by atoms with Gasteiger partial charge in [-0.1, -0.05) is 38.0 Å². The normalized spacial score (nSPS) is 18.0. The van der Waals surface area contributed by atoms with Gasteiger partial charge in [-0.25, -0.2) is 9.07 Å². The van der Waals surface area contributed by atoms with E-state index in [4.69, 9.17) is 14.6 Å². The van der Waals surface area contributed by atoms with Gasteiger partial charge in [0.15, 0.2) is 0 Å². The Bertz CT molecular complexity index is 1150. The Morgan fingerprint density at radius 1 is 1.08 bits per heavy atom. The summed E-state index contributed by atoms with van der Waals surface area (Å²) in [5.41, 5.74) is 2.63. The Balaban J connectivity index is 1.53. The molecule has 0 bridgehead atoms. The molecule has 2 heterocycles. The van der Waals surface area contributed by atoms with Crippen LogP contribution in [-0.2, 0) is 22.5 Å². The molecule has 1 saturated heterocycles. The number of para-hydroxylation sites is 1. The monoisotopic (exact) mass is 491 g/mol. The largest absolute Gasteiger partial charge is 0.439 e. The molecule has 1 aliphatic heterocycles. The first-order chi connectivity index (χ1) is 17.6. The van der Waals surface area contributed by atoms with E-state index in [-0.39, 0.29) is 23.7 Å². The van der Waals surface area contributed by atoms with E-state index in [0.717, 1.165) is 62.1 Å². The maximum Gasteiger partial charge on any atom is 0.227 e. The molecule has 3 aromatic rings. The predicted octanol–water partition coefficient (Wildman–Crippen LogP) is 6.06. The second-order valence-corrected chi connectivity index (χ2v) is 9.72. The lowest BCUT2D eigenvalue weighted by Crippen LogP contribution is -2.40. The van der Waals surface area contributed by atoms with E-state index in [2.05, 4.69) is 6.92 Å². The number of carbonyl (C=O) groups excluding carboxylic acids is 1. The van der Waals surface area contributed by atoms with Crippen molar-refractivity contribution in [2.75, 3.05) is 13.2 Å². The molecule has 2 aliphatic rings. The molecule has 0 N–H and O–H groups in total. The van der Waals surface area contributed by atoms with Crippen LogP contribution < -0.4 is 4.74 Å². The number of amides is 1. The van der Waals surface area contributed by atoms with E-state index in [1.807, 2.05) is 35.2 Å². The fourth-order valence-corrected chi connectivity index (χ4v) is 5.27. The Morgan fingerprint density at radius 2 is 1.83 bits per heavy atom. The van der Waals surface area contributed by atoms with Crippen molar-refractivity contribution in [3.8, 4) is 17.3 Å². The number of benzene rings is 2. The van der Waals surface area contributed by atoms with E-state index >= 15 is 0 Å². The summed E-state index contributed by atoms with van der Waals surface area (Å²) in [4.78, 5) is 15.6. The summed E-state index contributed by atoms with van der Waals surface area (Å²) in [5.74, 6) is 1.03. The third kappa shape index (κ3) is 5.46. The van der Waals surface area contributed by atoms with Crippen molar-refractivity contribution >= 4 is 5.91 Å². The molecule has 190 valence electrons. The quantitative estimate of drug-likeness (QED) is 0.365. The maximum atomic E-state index is 13.7. The lowest BCUT2D eigenvalue weighted by atomic mass is 10.0. The molecular formula is C29H34FN3O3. The Kier molecular flexibility index (Phi) is 7.66. The Hall–Kier alpha value is -3.19. The molecule has 1 atom stereocenters. The summed E-state index contributed by atoms with van der Waals surface area (Å²) in [6.07, 6.45) is 6.86. The summed E-state index contributed by atoms with van der Waals surface area (Å²) in [5, 5.41) is 4.90. The number of nitrogens with zero attached hydrogens (tertiary/aromatic N) is 3. The summed E-state index contributed by atoms with van der Waals surface area (Å²) in [6, 6.07) is 15.8. The van der Waals surface area contributed by atoms with Gasteiger partial charge in [-0.2, -0.15) is 5.10 Å². The number of rotatable bonds is 9. The summed E-state index contributed by atoms with van der Waals surface area (Å²) >= 11 is 0. The average Bonchev–Trinajstić information content (AvgIpc) is 3.68. The van der Waals surface area contributed by atoms with Crippen LogP contribution in [0.5, 0.6) is 11.6 Å². The van der Waals surface area contributed by atoms with Crippen LogP contribution >= 0.6 is 0 Å². The molecule has 1 aliphatic carbocycles. The van der Waals surface area contributed by atoms with Crippen molar-refractivity contribution in [3.63, 3.8) is 0 Å². The van der Waals surface area contributed by atoms with Crippen LogP contribution in [0.3, 0.4) is 0 Å². The van der Waals surface area contributed by atoms with Gasteiger partial charge in [-0.3, -0.25) is 4.79 Å². The molecule has 1 saturated carbocycles. The van der Waals surface area contributed by atoms with Crippen molar-refractivity contribution in [1.29, 1.82) is 0 Å². The smallest absolute Gasteiger partial charge is 0.227 e.